The van der Waals surface area contributed by atoms with Crippen molar-refractivity contribution in [2.45, 2.75) is 18.9 Å². The molecule has 4 aromatic rings. The van der Waals surface area contributed by atoms with E-state index in [1.54, 1.807) is 24.4 Å². The number of nitrogens with zero attached hydrogens (tertiary/aromatic N) is 5. The Hall–Kier alpha value is -3.40. The summed E-state index contributed by atoms with van der Waals surface area (Å²) in [6, 6.07) is 9.99. The Morgan fingerprint density at radius 2 is 2.00 bits per heavy atom. The maximum absolute atomic E-state index is 13.7. The third kappa shape index (κ3) is 4.13. The van der Waals surface area contributed by atoms with Crippen molar-refractivity contribution in [1.29, 1.82) is 0 Å². The normalized spacial score (nSPS) is 11.8. The first kappa shape index (κ1) is 19.9. The van der Waals surface area contributed by atoms with Gasteiger partial charge in [-0.05, 0) is 42.3 Å². The molecule has 0 spiro atoms. The number of nitrogens with one attached hydrogen (secondary N) is 1. The number of aryl methyl sites for hydroxylation is 1. The van der Waals surface area contributed by atoms with Crippen LogP contribution in [0, 0.1) is 12.7 Å². The van der Waals surface area contributed by atoms with Crippen LogP contribution in [0.25, 0.3) is 5.65 Å². The Bertz CT molecular complexity index is 1250. The number of amides is 1. The number of aromatic nitrogens is 5. The van der Waals surface area contributed by atoms with E-state index in [-0.39, 0.29) is 23.0 Å². The number of alkyl halides is 3. The molecule has 0 radical (unpaired) electrons. The lowest BCUT2D eigenvalue weighted by Crippen LogP contribution is -2.15. The number of halogens is 4. The molecule has 11 heteroatoms. The molecule has 4 rings (SSSR count). The van der Waals surface area contributed by atoms with Gasteiger partial charge in [-0.1, -0.05) is 12.1 Å². The van der Waals surface area contributed by atoms with Crippen molar-refractivity contribution in [2.24, 2.45) is 0 Å². The predicted octanol–water partition coefficient (Wildman–Crippen LogP) is 3.96. The third-order valence-corrected chi connectivity index (χ3v) is 4.39. The molecule has 0 saturated carbocycles. The molecule has 3 heterocycles. The number of hydrogen-bond donors (Lipinski definition) is 1. The number of benzene rings is 1. The Labute approximate surface area is 173 Å². The summed E-state index contributed by atoms with van der Waals surface area (Å²) in [6.45, 7) is 1.84. The molecule has 0 aliphatic carbocycles. The average Bonchev–Trinajstić information content (AvgIpc) is 3.27. The minimum atomic E-state index is -3.68. The maximum Gasteiger partial charge on any atom is 0.364 e. The summed E-state index contributed by atoms with van der Waals surface area (Å²) in [6.07, 6.45) is 1.61. The summed E-state index contributed by atoms with van der Waals surface area (Å²) in [5.74, 6) is -0.788. The second kappa shape index (κ2) is 7.45. The molecule has 0 atom stereocenters. The fraction of sp³-hybridized carbons (Fsp3) is 0.158. The van der Waals surface area contributed by atoms with Crippen molar-refractivity contribution < 1.29 is 18.0 Å². The average molecular weight is 435 g/mol. The highest BCUT2D eigenvalue weighted by Gasteiger charge is 2.32. The first-order chi connectivity index (χ1) is 14.2. The zero-order chi connectivity index (χ0) is 21.5. The molecule has 0 aliphatic rings. The van der Waals surface area contributed by atoms with Crippen LogP contribution in [0.5, 0.6) is 0 Å². The molecule has 1 amide bonds. The molecule has 1 aromatic carbocycles. The molecule has 1 N–H and O–H groups in total. The molecule has 0 saturated heterocycles. The largest absolute Gasteiger partial charge is 0.364 e. The molecule has 0 bridgehead atoms. The van der Waals surface area contributed by atoms with Gasteiger partial charge in [-0.15, -0.1) is 0 Å². The third-order valence-electron chi connectivity index (χ3n) is 4.19. The van der Waals surface area contributed by atoms with Crippen molar-refractivity contribution in [1.82, 2.24) is 24.4 Å². The van der Waals surface area contributed by atoms with E-state index in [1.807, 2.05) is 0 Å². The van der Waals surface area contributed by atoms with Gasteiger partial charge in [-0.3, -0.25) is 9.48 Å². The second-order valence-electron chi connectivity index (χ2n) is 6.56. The van der Waals surface area contributed by atoms with Crippen LogP contribution in [-0.2, 0) is 11.9 Å². The summed E-state index contributed by atoms with van der Waals surface area (Å²) in [4.78, 5) is 16.6. The van der Waals surface area contributed by atoms with Gasteiger partial charge in [0.1, 0.15) is 11.5 Å². The number of fused-ring (bicyclic) bond motifs is 1. The van der Waals surface area contributed by atoms with E-state index in [9.17, 15) is 18.0 Å². The Kier molecular flexibility index (Phi) is 4.94. The van der Waals surface area contributed by atoms with Gasteiger partial charge in [0.25, 0.3) is 5.91 Å². The van der Waals surface area contributed by atoms with Crippen LogP contribution in [-0.4, -0.2) is 30.3 Å². The van der Waals surface area contributed by atoms with E-state index >= 15 is 0 Å². The van der Waals surface area contributed by atoms with E-state index < -0.39 is 17.0 Å². The number of anilines is 1. The van der Waals surface area contributed by atoms with Crippen LogP contribution in [0.4, 0.5) is 19.0 Å². The Balaban J connectivity index is 1.54. The summed E-state index contributed by atoms with van der Waals surface area (Å²) in [5.41, 5.74) is 0.347. The molecular formula is C19H14ClF3N6O. The molecule has 0 fully saturated rings. The second-order valence-corrected chi connectivity index (χ2v) is 7.04. The van der Waals surface area contributed by atoms with Crippen LogP contribution in [0.2, 0.25) is 0 Å². The van der Waals surface area contributed by atoms with Crippen molar-refractivity contribution >= 4 is 29.0 Å². The topological polar surface area (TPSA) is 77.1 Å². The summed E-state index contributed by atoms with van der Waals surface area (Å²) < 4.78 is 43.0. The monoisotopic (exact) mass is 434 g/mol. The lowest BCUT2D eigenvalue weighted by Gasteiger charge is -2.10. The molecule has 154 valence electrons. The SMILES string of the molecule is Cc1cc(C(F)(F)Cl)n2nc(C(=O)Nc3ccn(Cc4cccc(F)c4)n3)cc2n1. The van der Waals surface area contributed by atoms with E-state index in [0.29, 0.717) is 17.8 Å². The van der Waals surface area contributed by atoms with Gasteiger partial charge in [0, 0.05) is 24.0 Å². The van der Waals surface area contributed by atoms with Gasteiger partial charge >= 0.3 is 5.38 Å². The molecule has 3 aromatic heterocycles. The summed E-state index contributed by atoms with van der Waals surface area (Å²) in [5, 5.41) is 6.96. The van der Waals surface area contributed by atoms with E-state index in [0.717, 1.165) is 10.6 Å². The van der Waals surface area contributed by atoms with Gasteiger partial charge in [0.15, 0.2) is 17.2 Å². The van der Waals surface area contributed by atoms with Gasteiger partial charge in [-0.25, -0.2) is 13.9 Å². The Morgan fingerprint density at radius 3 is 2.73 bits per heavy atom. The highest BCUT2D eigenvalue weighted by Crippen LogP contribution is 2.32. The minimum Gasteiger partial charge on any atom is -0.304 e. The maximum atomic E-state index is 13.7. The van der Waals surface area contributed by atoms with Gasteiger partial charge in [0.05, 0.1) is 6.54 Å². The number of hydrogen-bond acceptors (Lipinski definition) is 4. The lowest BCUT2D eigenvalue weighted by molar-refractivity contribution is 0.0868. The van der Waals surface area contributed by atoms with Crippen LogP contribution < -0.4 is 5.32 Å². The fourth-order valence-electron chi connectivity index (χ4n) is 2.93. The van der Waals surface area contributed by atoms with Crippen LogP contribution in [0.1, 0.15) is 27.4 Å². The summed E-state index contributed by atoms with van der Waals surface area (Å²) >= 11 is 5.15. The molecule has 30 heavy (non-hydrogen) atoms. The van der Waals surface area contributed by atoms with Crippen molar-refractivity contribution in [3.8, 4) is 0 Å². The summed E-state index contributed by atoms with van der Waals surface area (Å²) in [7, 11) is 0. The van der Waals surface area contributed by atoms with Crippen LogP contribution in [0.3, 0.4) is 0 Å². The Morgan fingerprint density at radius 1 is 1.20 bits per heavy atom. The fourth-order valence-corrected chi connectivity index (χ4v) is 3.07. The minimum absolute atomic E-state index is 0.0621. The first-order valence-electron chi connectivity index (χ1n) is 8.73. The zero-order valence-corrected chi connectivity index (χ0v) is 16.2. The lowest BCUT2D eigenvalue weighted by atomic mass is 10.2. The highest BCUT2D eigenvalue weighted by molar-refractivity contribution is 6.21. The number of carbonyl (C=O) groups is 1. The number of rotatable bonds is 5. The van der Waals surface area contributed by atoms with Crippen LogP contribution >= 0.6 is 11.6 Å². The molecular weight excluding hydrogens is 421 g/mol. The predicted molar refractivity (Wildman–Crippen MR) is 103 cm³/mol. The molecule has 7 nitrogen and oxygen atoms in total. The first-order valence-corrected chi connectivity index (χ1v) is 9.11. The van der Waals surface area contributed by atoms with E-state index in [4.69, 9.17) is 11.6 Å². The van der Waals surface area contributed by atoms with E-state index in [1.165, 1.54) is 29.8 Å². The van der Waals surface area contributed by atoms with Gasteiger partial charge in [0.2, 0.25) is 0 Å². The molecule has 0 aliphatic heterocycles. The highest BCUT2D eigenvalue weighted by atomic mass is 35.5. The standard InChI is InChI=1S/C19H14ClF3N6O/c1-11-7-15(19(20,22)23)29-17(24-11)9-14(26-29)18(30)25-16-5-6-28(27-16)10-12-3-2-4-13(21)8-12/h2-9H,10H2,1H3,(H,25,27,30). The smallest absolute Gasteiger partial charge is 0.304 e. The quantitative estimate of drug-likeness (QED) is 0.482. The zero-order valence-electron chi connectivity index (χ0n) is 15.5. The van der Waals surface area contributed by atoms with Crippen LogP contribution in [0.15, 0.2) is 48.7 Å². The van der Waals surface area contributed by atoms with Crippen molar-refractivity contribution in [2.75, 3.05) is 5.32 Å². The molecule has 0 unspecified atom stereocenters. The van der Waals surface area contributed by atoms with Gasteiger partial charge < -0.3 is 5.32 Å². The van der Waals surface area contributed by atoms with Crippen molar-refractivity contribution in [3.05, 3.63) is 77.1 Å². The van der Waals surface area contributed by atoms with E-state index in [2.05, 4.69) is 20.5 Å². The van der Waals surface area contributed by atoms with Gasteiger partial charge in [-0.2, -0.15) is 19.0 Å². The number of carbonyl (C=O) groups excluding carboxylic acids is 1. The van der Waals surface area contributed by atoms with Crippen molar-refractivity contribution in [3.63, 3.8) is 0 Å².